The van der Waals surface area contributed by atoms with Crippen LogP contribution in [-0.2, 0) is 0 Å². The second-order valence-electron chi connectivity index (χ2n) is 3.76. The Morgan fingerprint density at radius 2 is 2.00 bits per heavy atom. The molecule has 1 N–H and O–H groups in total. The molecule has 1 saturated carbocycles. The standard InChI is InChI=1S/C11H19NS/c1-4-9(2)12-10-5-7-11(13-3)8-6-10/h1,9-12H,5-8H2,2-3H3. The Labute approximate surface area is 86.1 Å². The van der Waals surface area contributed by atoms with Gasteiger partial charge in [0.2, 0.25) is 0 Å². The summed E-state index contributed by atoms with van der Waals surface area (Å²) in [6, 6.07) is 0.894. The molecule has 1 aliphatic rings. The van der Waals surface area contributed by atoms with Crippen LogP contribution >= 0.6 is 11.8 Å². The van der Waals surface area contributed by atoms with Gasteiger partial charge in [-0.25, -0.2) is 0 Å². The van der Waals surface area contributed by atoms with E-state index in [2.05, 4.69) is 24.4 Å². The molecule has 1 rings (SSSR count). The topological polar surface area (TPSA) is 12.0 Å². The first-order valence-corrected chi connectivity index (χ1v) is 6.30. The maximum Gasteiger partial charge on any atom is 0.0660 e. The SMILES string of the molecule is C#CC(C)NC1CCC(SC)CC1. The Morgan fingerprint density at radius 3 is 2.46 bits per heavy atom. The Balaban J connectivity index is 2.22. The number of nitrogens with one attached hydrogen (secondary N) is 1. The summed E-state index contributed by atoms with van der Waals surface area (Å²) in [7, 11) is 0. The van der Waals surface area contributed by atoms with Gasteiger partial charge in [0.25, 0.3) is 0 Å². The Bertz CT molecular complexity index is 177. The quantitative estimate of drug-likeness (QED) is 0.697. The lowest BCUT2D eigenvalue weighted by atomic mass is 9.94. The molecule has 1 atom stereocenters. The van der Waals surface area contributed by atoms with Crippen LogP contribution in [0.4, 0.5) is 0 Å². The molecule has 0 radical (unpaired) electrons. The summed E-state index contributed by atoms with van der Waals surface area (Å²) < 4.78 is 0. The van der Waals surface area contributed by atoms with E-state index in [4.69, 9.17) is 6.42 Å². The van der Waals surface area contributed by atoms with Gasteiger partial charge in [0.15, 0.2) is 0 Å². The summed E-state index contributed by atoms with van der Waals surface area (Å²) in [6.07, 6.45) is 12.8. The van der Waals surface area contributed by atoms with Gasteiger partial charge >= 0.3 is 0 Å². The van der Waals surface area contributed by atoms with Crippen LogP contribution in [-0.4, -0.2) is 23.6 Å². The van der Waals surface area contributed by atoms with E-state index in [1.165, 1.54) is 25.7 Å². The minimum atomic E-state index is 0.232. The van der Waals surface area contributed by atoms with Crippen LogP contribution in [0.25, 0.3) is 0 Å². The van der Waals surface area contributed by atoms with Crippen molar-refractivity contribution in [2.45, 2.75) is 49.9 Å². The second-order valence-corrected chi connectivity index (χ2v) is 4.90. The normalized spacial score (nSPS) is 30.8. The highest BCUT2D eigenvalue weighted by Gasteiger charge is 2.20. The maximum atomic E-state index is 5.33. The zero-order chi connectivity index (χ0) is 9.68. The van der Waals surface area contributed by atoms with Crippen LogP contribution in [0.15, 0.2) is 0 Å². The largest absolute Gasteiger partial charge is 0.301 e. The van der Waals surface area contributed by atoms with E-state index in [9.17, 15) is 0 Å². The van der Waals surface area contributed by atoms with E-state index in [-0.39, 0.29) is 6.04 Å². The van der Waals surface area contributed by atoms with E-state index >= 15 is 0 Å². The summed E-state index contributed by atoms with van der Waals surface area (Å²) in [5.74, 6) is 2.72. The molecule has 0 bridgehead atoms. The van der Waals surface area contributed by atoms with Crippen molar-refractivity contribution < 1.29 is 0 Å². The van der Waals surface area contributed by atoms with Crippen molar-refractivity contribution in [2.24, 2.45) is 0 Å². The fourth-order valence-corrected chi connectivity index (χ4v) is 2.61. The van der Waals surface area contributed by atoms with Gasteiger partial charge in [-0.1, -0.05) is 5.92 Å². The average Bonchev–Trinajstić information content (AvgIpc) is 2.19. The number of hydrogen-bond donors (Lipinski definition) is 1. The number of hydrogen-bond acceptors (Lipinski definition) is 2. The van der Waals surface area contributed by atoms with Gasteiger partial charge in [0.05, 0.1) is 6.04 Å². The van der Waals surface area contributed by atoms with Gasteiger partial charge in [-0.2, -0.15) is 11.8 Å². The van der Waals surface area contributed by atoms with Gasteiger partial charge < -0.3 is 5.32 Å². The molecule has 0 aliphatic heterocycles. The predicted octanol–water partition coefficient (Wildman–Crippen LogP) is 2.27. The second kappa shape index (κ2) is 5.57. The van der Waals surface area contributed by atoms with Crippen LogP contribution in [0.3, 0.4) is 0 Å². The Hall–Kier alpha value is -0.130. The van der Waals surface area contributed by atoms with Gasteiger partial charge in [-0.15, -0.1) is 6.42 Å². The Morgan fingerprint density at radius 1 is 1.38 bits per heavy atom. The van der Waals surface area contributed by atoms with Crippen molar-refractivity contribution in [3.63, 3.8) is 0 Å². The molecule has 1 unspecified atom stereocenters. The highest BCUT2D eigenvalue weighted by Crippen LogP contribution is 2.26. The monoisotopic (exact) mass is 197 g/mol. The van der Waals surface area contributed by atoms with Gasteiger partial charge in [-0.3, -0.25) is 0 Å². The van der Waals surface area contributed by atoms with Crippen LogP contribution in [0.5, 0.6) is 0 Å². The summed E-state index contributed by atoms with van der Waals surface area (Å²) in [4.78, 5) is 0. The number of rotatable bonds is 3. The fourth-order valence-electron chi connectivity index (χ4n) is 1.87. The summed E-state index contributed by atoms with van der Waals surface area (Å²) in [6.45, 7) is 2.06. The molecular formula is C11H19NS. The van der Waals surface area contributed by atoms with Crippen molar-refractivity contribution in [1.29, 1.82) is 0 Å². The smallest absolute Gasteiger partial charge is 0.0660 e. The van der Waals surface area contributed by atoms with Crippen molar-refractivity contribution >= 4 is 11.8 Å². The lowest BCUT2D eigenvalue weighted by Crippen LogP contribution is -2.38. The van der Waals surface area contributed by atoms with Crippen LogP contribution < -0.4 is 5.32 Å². The molecule has 0 aromatic carbocycles. The van der Waals surface area contributed by atoms with Gasteiger partial charge in [0, 0.05) is 11.3 Å². The predicted molar refractivity (Wildman–Crippen MR) is 61.0 cm³/mol. The zero-order valence-corrected chi connectivity index (χ0v) is 9.36. The van der Waals surface area contributed by atoms with E-state index in [1.807, 2.05) is 11.8 Å². The van der Waals surface area contributed by atoms with Gasteiger partial charge in [0.1, 0.15) is 0 Å². The highest BCUT2D eigenvalue weighted by molar-refractivity contribution is 7.99. The average molecular weight is 197 g/mol. The molecule has 1 fully saturated rings. The van der Waals surface area contributed by atoms with Crippen molar-refractivity contribution in [1.82, 2.24) is 5.32 Å². The summed E-state index contributed by atoms with van der Waals surface area (Å²) in [5.41, 5.74) is 0. The zero-order valence-electron chi connectivity index (χ0n) is 8.55. The summed E-state index contributed by atoms with van der Waals surface area (Å²) >= 11 is 2.00. The molecule has 0 aromatic heterocycles. The molecular weight excluding hydrogens is 178 g/mol. The van der Waals surface area contributed by atoms with Crippen LogP contribution in [0.1, 0.15) is 32.6 Å². The molecule has 74 valence electrons. The summed E-state index contributed by atoms with van der Waals surface area (Å²) in [5, 5.41) is 4.36. The first-order valence-electron chi connectivity index (χ1n) is 5.01. The molecule has 0 saturated heterocycles. The molecule has 0 amide bonds. The molecule has 0 aromatic rings. The van der Waals surface area contributed by atoms with Crippen molar-refractivity contribution in [2.75, 3.05) is 6.26 Å². The van der Waals surface area contributed by atoms with Crippen molar-refractivity contribution in [3.05, 3.63) is 0 Å². The van der Waals surface area contributed by atoms with E-state index in [1.54, 1.807) is 0 Å². The minimum Gasteiger partial charge on any atom is -0.301 e. The molecule has 0 heterocycles. The Kier molecular flexibility index (Phi) is 4.69. The van der Waals surface area contributed by atoms with E-state index in [0.29, 0.717) is 6.04 Å². The molecule has 0 spiro atoms. The third kappa shape index (κ3) is 3.62. The maximum absolute atomic E-state index is 5.33. The molecule has 1 aliphatic carbocycles. The van der Waals surface area contributed by atoms with E-state index in [0.717, 1.165) is 5.25 Å². The van der Waals surface area contributed by atoms with Crippen LogP contribution in [0, 0.1) is 12.3 Å². The van der Waals surface area contributed by atoms with Crippen LogP contribution in [0.2, 0.25) is 0 Å². The fraction of sp³-hybridized carbons (Fsp3) is 0.818. The lowest BCUT2D eigenvalue weighted by molar-refractivity contribution is 0.370. The van der Waals surface area contributed by atoms with E-state index < -0.39 is 0 Å². The van der Waals surface area contributed by atoms with Gasteiger partial charge in [-0.05, 0) is 38.9 Å². The number of thioether (sulfide) groups is 1. The van der Waals surface area contributed by atoms with Crippen molar-refractivity contribution in [3.8, 4) is 12.3 Å². The lowest BCUT2D eigenvalue weighted by Gasteiger charge is -2.29. The third-order valence-electron chi connectivity index (χ3n) is 2.74. The molecule has 13 heavy (non-hydrogen) atoms. The number of terminal acetylenes is 1. The first-order chi connectivity index (χ1) is 6.26. The minimum absolute atomic E-state index is 0.232. The molecule has 1 nitrogen and oxygen atoms in total. The third-order valence-corrected chi connectivity index (χ3v) is 3.88. The first kappa shape index (κ1) is 10.9. The molecule has 2 heteroatoms. The highest BCUT2D eigenvalue weighted by atomic mass is 32.2.